The second kappa shape index (κ2) is 5.41. The van der Waals surface area contributed by atoms with E-state index in [1.54, 1.807) is 11.1 Å². The number of hydrogen-bond donors (Lipinski definition) is 1. The maximum Gasteiger partial charge on any atom is 0.0217 e. The van der Waals surface area contributed by atoms with Crippen LogP contribution in [0.1, 0.15) is 36.3 Å². The molecule has 1 aliphatic carbocycles. The lowest BCUT2D eigenvalue weighted by molar-refractivity contribution is 0.181. The summed E-state index contributed by atoms with van der Waals surface area (Å²) in [5, 5.41) is 3.69. The molecule has 0 aromatic heterocycles. The average Bonchev–Trinajstić information content (AvgIpc) is 2.37. The van der Waals surface area contributed by atoms with E-state index in [1.165, 1.54) is 32.2 Å². The standard InChI is InChI=1S/C16H24N2/c1-18-9-5-4-7-15(18)12-17-11-14-10-13-6-2-3-8-16(13)14/h2-3,6,8,14-15,17H,4-5,7,9-12H2,1H3. The molecule has 1 aliphatic heterocycles. The topological polar surface area (TPSA) is 15.3 Å². The zero-order valence-electron chi connectivity index (χ0n) is 11.4. The fourth-order valence-electron chi connectivity index (χ4n) is 3.37. The number of likely N-dealkylation sites (tertiary alicyclic amines) is 1. The predicted molar refractivity (Wildman–Crippen MR) is 76.0 cm³/mol. The lowest BCUT2D eigenvalue weighted by Gasteiger charge is -2.34. The van der Waals surface area contributed by atoms with Crippen LogP contribution >= 0.6 is 0 Å². The van der Waals surface area contributed by atoms with E-state index in [2.05, 4.69) is 41.5 Å². The van der Waals surface area contributed by atoms with Crippen LogP contribution in [-0.4, -0.2) is 37.6 Å². The minimum absolute atomic E-state index is 0.758. The van der Waals surface area contributed by atoms with Gasteiger partial charge in [-0.2, -0.15) is 0 Å². The molecule has 2 atom stereocenters. The maximum atomic E-state index is 3.69. The molecule has 1 heterocycles. The maximum absolute atomic E-state index is 3.69. The summed E-state index contributed by atoms with van der Waals surface area (Å²) in [6.45, 7) is 3.59. The molecule has 2 aliphatic rings. The van der Waals surface area contributed by atoms with Crippen molar-refractivity contribution in [1.29, 1.82) is 0 Å². The third-order valence-electron chi connectivity index (χ3n) is 4.65. The van der Waals surface area contributed by atoms with E-state index < -0.39 is 0 Å². The number of benzene rings is 1. The highest BCUT2D eigenvalue weighted by Crippen LogP contribution is 2.33. The van der Waals surface area contributed by atoms with Gasteiger partial charge < -0.3 is 10.2 Å². The van der Waals surface area contributed by atoms with Crippen molar-refractivity contribution in [3.8, 4) is 0 Å². The van der Waals surface area contributed by atoms with Gasteiger partial charge >= 0.3 is 0 Å². The van der Waals surface area contributed by atoms with E-state index in [9.17, 15) is 0 Å². The van der Waals surface area contributed by atoms with Crippen molar-refractivity contribution in [2.24, 2.45) is 0 Å². The summed E-state index contributed by atoms with van der Waals surface area (Å²) in [7, 11) is 2.27. The Morgan fingerprint density at radius 1 is 1.22 bits per heavy atom. The van der Waals surface area contributed by atoms with Gasteiger partial charge in [-0.1, -0.05) is 30.7 Å². The Balaban J connectivity index is 1.43. The van der Waals surface area contributed by atoms with Gasteiger partial charge in [-0.15, -0.1) is 0 Å². The van der Waals surface area contributed by atoms with E-state index in [0.29, 0.717) is 0 Å². The first-order chi connectivity index (χ1) is 8.84. The van der Waals surface area contributed by atoms with Gasteiger partial charge in [0.05, 0.1) is 0 Å². The summed E-state index contributed by atoms with van der Waals surface area (Å²) in [6.07, 6.45) is 5.42. The Kier molecular flexibility index (Phi) is 3.67. The Morgan fingerprint density at radius 3 is 2.94 bits per heavy atom. The van der Waals surface area contributed by atoms with E-state index in [1.807, 2.05) is 0 Å². The molecule has 2 unspecified atom stereocenters. The van der Waals surface area contributed by atoms with Crippen LogP contribution < -0.4 is 5.32 Å². The highest BCUT2D eigenvalue weighted by Gasteiger charge is 2.25. The lowest BCUT2D eigenvalue weighted by Crippen LogP contribution is -2.44. The molecule has 18 heavy (non-hydrogen) atoms. The second-order valence-electron chi connectivity index (χ2n) is 5.89. The number of nitrogens with zero attached hydrogens (tertiary/aromatic N) is 1. The fraction of sp³-hybridized carbons (Fsp3) is 0.625. The molecule has 0 amide bonds. The quantitative estimate of drug-likeness (QED) is 0.875. The summed E-state index contributed by atoms with van der Waals surface area (Å²) in [6, 6.07) is 9.63. The molecular weight excluding hydrogens is 220 g/mol. The first-order valence-corrected chi connectivity index (χ1v) is 7.33. The summed E-state index contributed by atoms with van der Waals surface area (Å²) in [5.41, 5.74) is 3.13. The van der Waals surface area contributed by atoms with Crippen molar-refractivity contribution in [2.75, 3.05) is 26.7 Å². The molecule has 2 nitrogen and oxygen atoms in total. The van der Waals surface area contributed by atoms with Gasteiger partial charge in [-0.3, -0.25) is 0 Å². The first kappa shape index (κ1) is 12.2. The van der Waals surface area contributed by atoms with Crippen molar-refractivity contribution in [3.63, 3.8) is 0 Å². The number of nitrogens with one attached hydrogen (secondary N) is 1. The minimum Gasteiger partial charge on any atom is -0.315 e. The van der Waals surface area contributed by atoms with E-state index in [4.69, 9.17) is 0 Å². The monoisotopic (exact) mass is 244 g/mol. The van der Waals surface area contributed by atoms with Gasteiger partial charge in [-0.25, -0.2) is 0 Å². The first-order valence-electron chi connectivity index (χ1n) is 7.33. The van der Waals surface area contributed by atoms with Gasteiger partial charge in [0, 0.05) is 25.0 Å². The van der Waals surface area contributed by atoms with Crippen molar-refractivity contribution in [3.05, 3.63) is 35.4 Å². The SMILES string of the molecule is CN1CCCCC1CNCC1Cc2ccccc21. The Hall–Kier alpha value is -0.860. The molecule has 1 N–H and O–H groups in total. The largest absolute Gasteiger partial charge is 0.315 e. The van der Waals surface area contributed by atoms with Gasteiger partial charge in [0.15, 0.2) is 0 Å². The van der Waals surface area contributed by atoms with E-state index in [-0.39, 0.29) is 0 Å². The normalized spacial score (nSPS) is 27.6. The summed E-state index contributed by atoms with van der Waals surface area (Å²) >= 11 is 0. The predicted octanol–water partition coefficient (Wildman–Crippen LogP) is 2.40. The molecular formula is C16H24N2. The van der Waals surface area contributed by atoms with Crippen LogP contribution in [0.25, 0.3) is 0 Å². The number of fused-ring (bicyclic) bond motifs is 1. The van der Waals surface area contributed by atoms with Crippen LogP contribution in [-0.2, 0) is 6.42 Å². The Labute approximate surface area is 110 Å². The van der Waals surface area contributed by atoms with Crippen molar-refractivity contribution in [2.45, 2.75) is 37.6 Å². The molecule has 1 fully saturated rings. The van der Waals surface area contributed by atoms with Crippen molar-refractivity contribution >= 4 is 0 Å². The summed E-state index contributed by atoms with van der Waals surface area (Å²) in [4.78, 5) is 2.52. The molecule has 98 valence electrons. The molecule has 0 radical (unpaired) electrons. The molecule has 1 aromatic rings. The molecule has 0 saturated carbocycles. The third kappa shape index (κ3) is 2.45. The van der Waals surface area contributed by atoms with Crippen molar-refractivity contribution < 1.29 is 0 Å². The number of likely N-dealkylation sites (N-methyl/N-ethyl adjacent to an activating group) is 1. The molecule has 2 heteroatoms. The van der Waals surface area contributed by atoms with Crippen LogP contribution in [0.2, 0.25) is 0 Å². The molecule has 1 saturated heterocycles. The molecule has 1 aromatic carbocycles. The van der Waals surface area contributed by atoms with Gasteiger partial charge in [0.25, 0.3) is 0 Å². The van der Waals surface area contributed by atoms with Gasteiger partial charge in [0.2, 0.25) is 0 Å². The van der Waals surface area contributed by atoms with E-state index >= 15 is 0 Å². The zero-order chi connectivity index (χ0) is 12.4. The van der Waals surface area contributed by atoms with Crippen LogP contribution in [0, 0.1) is 0 Å². The molecule has 0 spiro atoms. The smallest absolute Gasteiger partial charge is 0.0217 e. The molecule has 0 bridgehead atoms. The van der Waals surface area contributed by atoms with Gasteiger partial charge in [-0.05, 0) is 44.0 Å². The highest BCUT2D eigenvalue weighted by molar-refractivity contribution is 5.40. The Bertz CT molecular complexity index is 402. The Morgan fingerprint density at radius 2 is 2.11 bits per heavy atom. The number of rotatable bonds is 4. The van der Waals surface area contributed by atoms with Crippen LogP contribution in [0.5, 0.6) is 0 Å². The van der Waals surface area contributed by atoms with Crippen LogP contribution in [0.4, 0.5) is 0 Å². The third-order valence-corrected chi connectivity index (χ3v) is 4.65. The fourth-order valence-corrected chi connectivity index (χ4v) is 3.37. The van der Waals surface area contributed by atoms with Gasteiger partial charge in [0.1, 0.15) is 0 Å². The van der Waals surface area contributed by atoms with Crippen LogP contribution in [0.15, 0.2) is 24.3 Å². The number of piperidine rings is 1. The average molecular weight is 244 g/mol. The minimum atomic E-state index is 0.758. The lowest BCUT2D eigenvalue weighted by atomic mass is 9.77. The summed E-state index contributed by atoms with van der Waals surface area (Å²) in [5.74, 6) is 0.759. The van der Waals surface area contributed by atoms with E-state index in [0.717, 1.165) is 25.0 Å². The molecule has 3 rings (SSSR count). The van der Waals surface area contributed by atoms with Crippen LogP contribution in [0.3, 0.4) is 0 Å². The number of hydrogen-bond acceptors (Lipinski definition) is 2. The van der Waals surface area contributed by atoms with Crippen molar-refractivity contribution in [1.82, 2.24) is 10.2 Å². The highest BCUT2D eigenvalue weighted by atomic mass is 15.2. The zero-order valence-corrected chi connectivity index (χ0v) is 11.4. The second-order valence-corrected chi connectivity index (χ2v) is 5.89. The summed E-state index contributed by atoms with van der Waals surface area (Å²) < 4.78 is 0.